The molecule has 3 aliphatic heterocycles. The standard InChI is InChI=1S/C35H58N2O8/c1-9-28(39)26(5)33-29(43-33)21-23(2)11-10-12-24(3)32-25(4)13-14-30(44-34(41)37-19-17-36(7)18-20-37)35(6,42-8)16-15-27(38)22-31(40)45-32/h10-14,23,25-30,32-33,38-39H,9,15-22H2,1-8H3/b11-10+,14-13+,24-12+/t23?,25-,26?,27+,28?,29+,30-,32+,33+,35+/m0/s1. The largest absolute Gasteiger partial charge is 0.457 e. The van der Waals surface area contributed by atoms with E-state index in [2.05, 4.69) is 17.9 Å². The average Bonchev–Trinajstić information content (AvgIpc) is 3.77. The Bertz CT molecular complexity index is 1050. The minimum absolute atomic E-state index is 0.108. The minimum atomic E-state index is -0.917. The van der Waals surface area contributed by atoms with Crippen molar-refractivity contribution < 1.29 is 38.7 Å². The van der Waals surface area contributed by atoms with Gasteiger partial charge >= 0.3 is 12.1 Å². The van der Waals surface area contributed by atoms with Gasteiger partial charge in [-0.1, -0.05) is 52.0 Å². The Kier molecular flexibility index (Phi) is 14.1. The number of rotatable bonds is 10. The third-order valence-corrected chi connectivity index (χ3v) is 9.78. The lowest BCUT2D eigenvalue weighted by Crippen LogP contribution is -2.50. The van der Waals surface area contributed by atoms with E-state index in [4.69, 9.17) is 18.9 Å². The third kappa shape index (κ3) is 10.9. The molecular formula is C35H58N2O8. The molecule has 10 nitrogen and oxygen atoms in total. The van der Waals surface area contributed by atoms with E-state index < -0.39 is 36.0 Å². The molecule has 0 aromatic rings. The molecule has 10 atom stereocenters. The number of aliphatic hydroxyl groups excluding tert-OH is 2. The fourth-order valence-corrected chi connectivity index (χ4v) is 6.17. The Morgan fingerprint density at radius 3 is 2.56 bits per heavy atom. The van der Waals surface area contributed by atoms with Gasteiger partial charge < -0.3 is 39.0 Å². The van der Waals surface area contributed by atoms with E-state index in [1.54, 1.807) is 12.0 Å². The summed E-state index contributed by atoms with van der Waals surface area (Å²) < 4.78 is 23.7. The highest BCUT2D eigenvalue weighted by atomic mass is 16.6. The highest BCUT2D eigenvalue weighted by molar-refractivity contribution is 5.70. The van der Waals surface area contributed by atoms with Crippen LogP contribution in [0.4, 0.5) is 4.79 Å². The van der Waals surface area contributed by atoms with Gasteiger partial charge in [0.05, 0.1) is 30.8 Å². The van der Waals surface area contributed by atoms with Crippen molar-refractivity contribution >= 4 is 12.1 Å². The van der Waals surface area contributed by atoms with E-state index in [0.29, 0.717) is 19.5 Å². The summed E-state index contributed by atoms with van der Waals surface area (Å²) in [4.78, 5) is 30.0. The monoisotopic (exact) mass is 634 g/mol. The Balaban J connectivity index is 1.74. The molecule has 45 heavy (non-hydrogen) atoms. The van der Waals surface area contributed by atoms with Crippen LogP contribution in [0.1, 0.15) is 73.6 Å². The van der Waals surface area contributed by atoms with Gasteiger partial charge in [-0.15, -0.1) is 0 Å². The summed E-state index contributed by atoms with van der Waals surface area (Å²) in [6.07, 6.45) is 9.28. The van der Waals surface area contributed by atoms with Crippen LogP contribution in [0.3, 0.4) is 0 Å². The second kappa shape index (κ2) is 17.1. The molecule has 3 aliphatic rings. The average molecular weight is 635 g/mol. The van der Waals surface area contributed by atoms with Gasteiger partial charge in [0.15, 0.2) is 6.10 Å². The molecule has 1 amide bonds. The number of piperazine rings is 1. The highest BCUT2D eigenvalue weighted by Crippen LogP contribution is 2.36. The summed E-state index contributed by atoms with van der Waals surface area (Å²) >= 11 is 0. The van der Waals surface area contributed by atoms with Crippen molar-refractivity contribution in [3.8, 4) is 0 Å². The van der Waals surface area contributed by atoms with Gasteiger partial charge in [0.1, 0.15) is 11.7 Å². The van der Waals surface area contributed by atoms with Crippen LogP contribution in [-0.2, 0) is 23.7 Å². The van der Waals surface area contributed by atoms with E-state index in [-0.39, 0.29) is 48.9 Å². The normalized spacial score (nSPS) is 35.1. The molecular weight excluding hydrogens is 576 g/mol. The molecule has 0 aliphatic carbocycles. The van der Waals surface area contributed by atoms with Crippen LogP contribution >= 0.6 is 0 Å². The topological polar surface area (TPSA) is 121 Å². The van der Waals surface area contributed by atoms with Gasteiger partial charge in [-0.25, -0.2) is 4.79 Å². The first-order valence-corrected chi connectivity index (χ1v) is 16.7. The van der Waals surface area contributed by atoms with Crippen LogP contribution in [0.25, 0.3) is 0 Å². The Hall–Kier alpha value is -2.24. The van der Waals surface area contributed by atoms with Crippen molar-refractivity contribution in [3.63, 3.8) is 0 Å². The Labute approximate surface area is 270 Å². The van der Waals surface area contributed by atoms with Crippen LogP contribution in [-0.4, -0.2) is 115 Å². The summed E-state index contributed by atoms with van der Waals surface area (Å²) in [6, 6.07) is 0. The number of likely N-dealkylation sites (N-methyl/N-ethyl adjacent to an activating group) is 1. The molecule has 2 saturated heterocycles. The number of amides is 1. The van der Waals surface area contributed by atoms with Crippen LogP contribution in [0, 0.1) is 17.8 Å². The summed E-state index contributed by atoms with van der Waals surface area (Å²) in [5.74, 6) is -0.316. The molecule has 256 valence electrons. The highest BCUT2D eigenvalue weighted by Gasteiger charge is 2.45. The Morgan fingerprint density at radius 1 is 1.22 bits per heavy atom. The van der Waals surface area contributed by atoms with Gasteiger partial charge in [0.2, 0.25) is 0 Å². The fourth-order valence-electron chi connectivity index (χ4n) is 6.17. The molecule has 2 N–H and O–H groups in total. The smallest absolute Gasteiger partial charge is 0.410 e. The zero-order valence-corrected chi connectivity index (χ0v) is 28.7. The van der Waals surface area contributed by atoms with Crippen molar-refractivity contribution in [1.29, 1.82) is 0 Å². The molecule has 10 heteroatoms. The molecule has 0 aromatic heterocycles. The molecule has 3 unspecified atom stereocenters. The number of esters is 1. The van der Waals surface area contributed by atoms with Crippen molar-refractivity contribution in [2.24, 2.45) is 17.8 Å². The lowest BCUT2D eigenvalue weighted by Gasteiger charge is -2.38. The van der Waals surface area contributed by atoms with Gasteiger partial charge in [-0.2, -0.15) is 0 Å². The number of hydrogen-bond acceptors (Lipinski definition) is 9. The van der Waals surface area contributed by atoms with Crippen LogP contribution in [0.15, 0.2) is 36.0 Å². The lowest BCUT2D eigenvalue weighted by atomic mass is 9.88. The molecule has 2 fully saturated rings. The number of epoxide rings is 1. The zero-order valence-electron chi connectivity index (χ0n) is 28.7. The fraction of sp³-hybridized carbons (Fsp3) is 0.771. The van der Waals surface area contributed by atoms with Crippen molar-refractivity contribution in [2.45, 2.75) is 116 Å². The minimum Gasteiger partial charge on any atom is -0.457 e. The maximum Gasteiger partial charge on any atom is 0.410 e. The van der Waals surface area contributed by atoms with Crippen molar-refractivity contribution in [2.75, 3.05) is 40.3 Å². The summed E-state index contributed by atoms with van der Waals surface area (Å²) in [7, 11) is 3.61. The molecule has 0 bridgehead atoms. The zero-order chi connectivity index (χ0) is 33.3. The van der Waals surface area contributed by atoms with Crippen molar-refractivity contribution in [1.82, 2.24) is 9.80 Å². The van der Waals surface area contributed by atoms with E-state index in [9.17, 15) is 19.8 Å². The van der Waals surface area contributed by atoms with Gasteiger partial charge in [0.25, 0.3) is 0 Å². The number of aliphatic hydroxyl groups is 2. The number of cyclic esters (lactones) is 1. The lowest BCUT2D eigenvalue weighted by molar-refractivity contribution is -0.151. The number of nitrogens with zero attached hydrogens (tertiary/aromatic N) is 2. The summed E-state index contributed by atoms with van der Waals surface area (Å²) in [6.45, 7) is 14.7. The SMILES string of the molecule is CCC(O)C(C)[C@H]1O[C@@H]1CC(C)/C=C/C=C(\C)[C@H]1OC(=O)C[C@H](O)CC[C@@](C)(OC)[C@@H](OC(=O)N2CCN(C)CC2)/C=C/[C@@H]1C. The van der Waals surface area contributed by atoms with E-state index in [1.807, 2.05) is 66.0 Å². The van der Waals surface area contributed by atoms with Crippen LogP contribution in [0.5, 0.6) is 0 Å². The molecule has 0 spiro atoms. The van der Waals surface area contributed by atoms with Gasteiger partial charge in [-0.05, 0) is 64.1 Å². The number of carbonyl (C=O) groups excluding carboxylic acids is 2. The number of carbonyl (C=O) groups is 2. The second-order valence-corrected chi connectivity index (χ2v) is 13.6. The predicted molar refractivity (Wildman–Crippen MR) is 174 cm³/mol. The molecule has 3 rings (SSSR count). The van der Waals surface area contributed by atoms with Crippen LogP contribution < -0.4 is 0 Å². The van der Waals surface area contributed by atoms with Crippen molar-refractivity contribution in [3.05, 3.63) is 36.0 Å². The quantitative estimate of drug-likeness (QED) is 0.155. The van der Waals surface area contributed by atoms with E-state index in [1.165, 1.54) is 0 Å². The first-order valence-electron chi connectivity index (χ1n) is 16.7. The molecule has 3 heterocycles. The molecule has 0 saturated carbocycles. The van der Waals surface area contributed by atoms with Crippen LogP contribution in [0.2, 0.25) is 0 Å². The summed E-state index contributed by atoms with van der Waals surface area (Å²) in [5.41, 5.74) is -0.0467. The predicted octanol–water partition coefficient (Wildman–Crippen LogP) is 4.50. The maximum atomic E-state index is 13.2. The number of allylic oxidation sites excluding steroid dienone is 3. The first-order chi connectivity index (χ1) is 21.3. The maximum absolute atomic E-state index is 13.2. The number of ether oxygens (including phenoxy) is 4. The van der Waals surface area contributed by atoms with E-state index >= 15 is 0 Å². The summed E-state index contributed by atoms with van der Waals surface area (Å²) in [5, 5.41) is 20.8. The molecule has 0 radical (unpaired) electrons. The Morgan fingerprint density at radius 2 is 1.91 bits per heavy atom. The molecule has 0 aromatic carbocycles. The number of methoxy groups -OCH3 is 1. The van der Waals surface area contributed by atoms with Gasteiger partial charge in [-0.3, -0.25) is 4.79 Å². The third-order valence-electron chi connectivity index (χ3n) is 9.78. The number of hydrogen-bond donors (Lipinski definition) is 2. The first kappa shape index (κ1) is 37.2. The van der Waals surface area contributed by atoms with Gasteiger partial charge in [0, 0.05) is 45.1 Å². The van der Waals surface area contributed by atoms with E-state index in [0.717, 1.165) is 31.5 Å². The second-order valence-electron chi connectivity index (χ2n) is 13.6.